The number of hydrogen-bond acceptors (Lipinski definition) is 6. The monoisotopic (exact) mass is 488 g/mol. The van der Waals surface area contributed by atoms with Crippen molar-refractivity contribution < 1.29 is 26.7 Å². The van der Waals surface area contributed by atoms with Gasteiger partial charge in [-0.15, -0.1) is 0 Å². The number of nitrogens with one attached hydrogen (secondary N) is 2. The van der Waals surface area contributed by atoms with Crippen molar-refractivity contribution in [2.45, 2.75) is 47.3 Å². The lowest BCUT2D eigenvalue weighted by atomic mass is 9.98. The molecule has 0 amide bonds. The van der Waals surface area contributed by atoms with Crippen molar-refractivity contribution in [2.24, 2.45) is 0 Å². The summed E-state index contributed by atoms with van der Waals surface area (Å²) in [5.74, 6) is 0. The van der Waals surface area contributed by atoms with Crippen LogP contribution in [-0.2, 0) is 24.8 Å². The highest BCUT2D eigenvalue weighted by molar-refractivity contribution is 7.89. The molecule has 1 heterocycles. The Labute approximate surface area is 187 Å². The third-order valence-corrected chi connectivity index (χ3v) is 8.51. The molecule has 170 valence electrons. The topological polar surface area (TPSA) is 122 Å². The smallest absolute Gasteiger partial charge is 0.242 e. The van der Waals surface area contributed by atoms with E-state index in [1.165, 1.54) is 24.3 Å². The fraction of sp³-hybridized carbons (Fsp3) is 0.400. The second-order valence-corrected chi connectivity index (χ2v) is 11.1. The van der Waals surface area contributed by atoms with Crippen molar-refractivity contribution in [3.8, 4) is 0 Å². The molecule has 1 aliphatic rings. The molecule has 3 atom stereocenters. The summed E-state index contributed by atoms with van der Waals surface area (Å²) in [7, 11) is -7.49. The van der Waals surface area contributed by atoms with Crippen molar-refractivity contribution in [1.29, 1.82) is 0 Å². The Bertz CT molecular complexity index is 1080. The van der Waals surface area contributed by atoms with Crippen molar-refractivity contribution in [3.63, 3.8) is 0 Å². The van der Waals surface area contributed by atoms with Gasteiger partial charge in [0.05, 0.1) is 34.8 Å². The summed E-state index contributed by atoms with van der Waals surface area (Å²) in [6.07, 6.45) is 0.310. The maximum absolute atomic E-state index is 12.6. The van der Waals surface area contributed by atoms with Gasteiger partial charge in [0.1, 0.15) is 4.90 Å². The lowest BCUT2D eigenvalue weighted by molar-refractivity contribution is -0.0869. The zero-order valence-electron chi connectivity index (χ0n) is 16.6. The number of aliphatic hydroxyl groups is 1. The van der Waals surface area contributed by atoms with Crippen LogP contribution >= 0.6 is 11.6 Å². The molecule has 11 heteroatoms. The standard InChI is InChI=1S/C20H25ClN2O6S2/c21-17-8-4-5-9-20(17)31(27,28)22-13-12-15-10-11-18(19(14-24)29-15)23-30(25,26)16-6-2-1-3-7-16/h1-9,15,18-19,22-24H,10-14H2/t15-,18-,19-/m0/s1. The molecule has 3 rings (SSSR count). The first kappa shape index (κ1) is 24.1. The average Bonchev–Trinajstić information content (AvgIpc) is 2.75. The second kappa shape index (κ2) is 10.4. The van der Waals surface area contributed by atoms with Crippen LogP contribution < -0.4 is 9.44 Å². The summed E-state index contributed by atoms with van der Waals surface area (Å²) in [6, 6.07) is 13.6. The van der Waals surface area contributed by atoms with Gasteiger partial charge in [-0.25, -0.2) is 26.3 Å². The summed E-state index contributed by atoms with van der Waals surface area (Å²) in [4.78, 5) is 0.146. The molecule has 3 N–H and O–H groups in total. The van der Waals surface area contributed by atoms with Crippen molar-refractivity contribution in [3.05, 3.63) is 59.6 Å². The van der Waals surface area contributed by atoms with Crippen molar-refractivity contribution in [2.75, 3.05) is 13.2 Å². The second-order valence-electron chi connectivity index (χ2n) is 7.21. The van der Waals surface area contributed by atoms with Crippen LogP contribution in [0.1, 0.15) is 19.3 Å². The van der Waals surface area contributed by atoms with E-state index in [1.54, 1.807) is 30.3 Å². The van der Waals surface area contributed by atoms with Crippen LogP contribution in [0.3, 0.4) is 0 Å². The van der Waals surface area contributed by atoms with Crippen LogP contribution in [0.15, 0.2) is 64.4 Å². The maximum Gasteiger partial charge on any atom is 0.242 e. The minimum absolute atomic E-state index is 0.00449. The molecule has 1 aliphatic heterocycles. The number of aliphatic hydroxyl groups excluding tert-OH is 1. The van der Waals surface area contributed by atoms with E-state index < -0.39 is 32.2 Å². The van der Waals surface area contributed by atoms with E-state index in [9.17, 15) is 21.9 Å². The maximum atomic E-state index is 12.6. The van der Waals surface area contributed by atoms with Gasteiger partial charge in [-0.1, -0.05) is 41.9 Å². The summed E-state index contributed by atoms with van der Waals surface area (Å²) in [6.45, 7) is -0.236. The van der Waals surface area contributed by atoms with Crippen LogP contribution in [0, 0.1) is 0 Å². The SMILES string of the molecule is O=S(=O)(N[C@H]1CC[C@@H](CCNS(=O)(=O)c2ccccc2Cl)O[C@H]1CO)c1ccccc1. The zero-order chi connectivity index (χ0) is 22.5. The fourth-order valence-electron chi connectivity index (χ4n) is 3.44. The van der Waals surface area contributed by atoms with Gasteiger partial charge in [0, 0.05) is 6.54 Å². The van der Waals surface area contributed by atoms with Gasteiger partial charge in [0.25, 0.3) is 0 Å². The number of hydrogen-bond donors (Lipinski definition) is 3. The number of sulfonamides is 2. The van der Waals surface area contributed by atoms with E-state index in [4.69, 9.17) is 16.3 Å². The van der Waals surface area contributed by atoms with Crippen molar-refractivity contribution >= 4 is 31.6 Å². The van der Waals surface area contributed by atoms with Gasteiger partial charge in [-0.3, -0.25) is 0 Å². The Hall–Kier alpha value is -1.53. The molecular formula is C20H25ClN2O6S2. The van der Waals surface area contributed by atoms with Crippen LogP contribution in [-0.4, -0.2) is 53.3 Å². The summed E-state index contributed by atoms with van der Waals surface area (Å²) in [5, 5.41) is 9.83. The Morgan fingerprint density at radius 2 is 1.65 bits per heavy atom. The predicted octanol–water partition coefficient (Wildman–Crippen LogP) is 1.90. The Morgan fingerprint density at radius 3 is 2.32 bits per heavy atom. The van der Waals surface area contributed by atoms with Gasteiger partial charge < -0.3 is 9.84 Å². The predicted molar refractivity (Wildman–Crippen MR) is 117 cm³/mol. The molecule has 0 saturated carbocycles. The number of halogens is 1. The Morgan fingerprint density at radius 1 is 0.968 bits per heavy atom. The van der Waals surface area contributed by atoms with E-state index in [1.807, 2.05) is 0 Å². The molecule has 0 bridgehead atoms. The lowest BCUT2D eigenvalue weighted by Gasteiger charge is -2.36. The summed E-state index contributed by atoms with van der Waals surface area (Å²) in [5.41, 5.74) is 0. The first-order chi connectivity index (χ1) is 14.7. The molecule has 0 radical (unpaired) electrons. The van der Waals surface area contributed by atoms with Gasteiger partial charge in [0.15, 0.2) is 0 Å². The number of benzene rings is 2. The van der Waals surface area contributed by atoms with E-state index >= 15 is 0 Å². The molecule has 0 spiro atoms. The van der Waals surface area contributed by atoms with Gasteiger partial charge in [-0.05, 0) is 43.5 Å². The van der Waals surface area contributed by atoms with E-state index in [0.717, 1.165) is 0 Å². The fourth-order valence-corrected chi connectivity index (χ4v) is 6.33. The average molecular weight is 489 g/mol. The molecule has 2 aromatic rings. The molecule has 0 unspecified atom stereocenters. The minimum Gasteiger partial charge on any atom is -0.394 e. The number of ether oxygens (including phenoxy) is 1. The molecule has 8 nitrogen and oxygen atoms in total. The zero-order valence-corrected chi connectivity index (χ0v) is 19.0. The van der Waals surface area contributed by atoms with Gasteiger partial charge in [0.2, 0.25) is 20.0 Å². The van der Waals surface area contributed by atoms with Crippen LogP contribution in [0.25, 0.3) is 0 Å². The molecule has 31 heavy (non-hydrogen) atoms. The van der Waals surface area contributed by atoms with E-state index in [2.05, 4.69) is 9.44 Å². The number of rotatable bonds is 9. The van der Waals surface area contributed by atoms with Gasteiger partial charge >= 0.3 is 0 Å². The molecule has 1 saturated heterocycles. The van der Waals surface area contributed by atoms with Crippen LogP contribution in [0.2, 0.25) is 5.02 Å². The Kier molecular flexibility index (Phi) is 8.08. The first-order valence-corrected chi connectivity index (χ1v) is 13.2. The van der Waals surface area contributed by atoms with Gasteiger partial charge in [-0.2, -0.15) is 0 Å². The highest BCUT2D eigenvalue weighted by Gasteiger charge is 2.34. The molecule has 1 fully saturated rings. The first-order valence-electron chi connectivity index (χ1n) is 9.81. The van der Waals surface area contributed by atoms with Crippen LogP contribution in [0.4, 0.5) is 0 Å². The Balaban J connectivity index is 1.55. The third-order valence-electron chi connectivity index (χ3n) is 5.04. The lowest BCUT2D eigenvalue weighted by Crippen LogP contribution is -2.51. The minimum atomic E-state index is -3.75. The molecular weight excluding hydrogens is 464 g/mol. The quantitative estimate of drug-likeness (QED) is 0.495. The molecule has 0 aliphatic carbocycles. The summed E-state index contributed by atoms with van der Waals surface area (Å²) < 4.78 is 60.9. The highest BCUT2D eigenvalue weighted by Crippen LogP contribution is 2.24. The molecule has 2 aromatic carbocycles. The summed E-state index contributed by atoms with van der Waals surface area (Å²) >= 11 is 5.96. The van der Waals surface area contributed by atoms with Crippen LogP contribution in [0.5, 0.6) is 0 Å². The highest BCUT2D eigenvalue weighted by atomic mass is 35.5. The van der Waals surface area contributed by atoms with Crippen molar-refractivity contribution in [1.82, 2.24) is 9.44 Å². The third kappa shape index (κ3) is 6.26. The van der Waals surface area contributed by atoms with E-state index in [0.29, 0.717) is 19.3 Å². The van der Waals surface area contributed by atoms with E-state index in [-0.39, 0.29) is 34.1 Å². The normalized spacial score (nSPS) is 22.3. The largest absolute Gasteiger partial charge is 0.394 e. The molecule has 0 aromatic heterocycles.